The lowest BCUT2D eigenvalue weighted by atomic mass is 10.1. The molecule has 0 atom stereocenters. The second-order valence-electron chi connectivity index (χ2n) is 2.26. The first-order chi connectivity index (χ1) is 5.27. The van der Waals surface area contributed by atoms with Gasteiger partial charge in [-0.1, -0.05) is 0 Å². The number of hydrogen-bond acceptors (Lipinski definition) is 3. The summed E-state index contributed by atoms with van der Waals surface area (Å²) in [4.78, 5) is 0. The summed E-state index contributed by atoms with van der Waals surface area (Å²) in [6.45, 7) is 0.781. The third-order valence-electron chi connectivity index (χ3n) is 1.56. The summed E-state index contributed by atoms with van der Waals surface area (Å²) < 4.78 is 0.724. The first-order valence-corrected chi connectivity index (χ1v) is 3.38. The summed E-state index contributed by atoms with van der Waals surface area (Å²) in [6, 6.07) is 1.69. The highest BCUT2D eigenvalue weighted by molar-refractivity contribution is 5.20. The second kappa shape index (κ2) is 3.32. The normalized spacial score (nSPS) is 10.0. The molecule has 0 aliphatic rings. The number of nitrogens with zero attached hydrogens (tertiary/aromatic N) is 1. The van der Waals surface area contributed by atoms with Crippen LogP contribution in [-0.2, 0) is 13.1 Å². The van der Waals surface area contributed by atoms with Gasteiger partial charge in [-0.05, 0) is 5.56 Å². The van der Waals surface area contributed by atoms with E-state index in [2.05, 4.69) is 0 Å². The summed E-state index contributed by atoms with van der Waals surface area (Å²) >= 11 is 0. The van der Waals surface area contributed by atoms with Gasteiger partial charge >= 0.3 is 0 Å². The van der Waals surface area contributed by atoms with Crippen LogP contribution in [0, 0.1) is 5.21 Å². The zero-order valence-electron chi connectivity index (χ0n) is 6.16. The third kappa shape index (κ3) is 1.66. The molecule has 0 amide bonds. The summed E-state index contributed by atoms with van der Waals surface area (Å²) in [7, 11) is 0. The fourth-order valence-electron chi connectivity index (χ4n) is 0.933. The van der Waals surface area contributed by atoms with E-state index in [1.165, 1.54) is 12.4 Å². The summed E-state index contributed by atoms with van der Waals surface area (Å²) in [5.74, 6) is 0. The standard InChI is InChI=1S/C7H11N3O/c8-3-6-1-2-10(11)5-7(6)4-9/h1-2,5H,3-4,8-9H2. The first-order valence-electron chi connectivity index (χ1n) is 3.38. The molecule has 0 bridgehead atoms. The van der Waals surface area contributed by atoms with Crippen LogP contribution in [0.4, 0.5) is 0 Å². The minimum atomic E-state index is 0.357. The van der Waals surface area contributed by atoms with Crippen molar-refractivity contribution < 1.29 is 4.73 Å². The van der Waals surface area contributed by atoms with Gasteiger partial charge in [0.15, 0.2) is 12.4 Å². The number of hydrogen-bond donors (Lipinski definition) is 2. The van der Waals surface area contributed by atoms with Crippen molar-refractivity contribution >= 4 is 0 Å². The Balaban J connectivity index is 3.06. The molecule has 1 aromatic rings. The lowest BCUT2D eigenvalue weighted by Gasteiger charge is -2.03. The highest BCUT2D eigenvalue weighted by Crippen LogP contribution is 2.02. The lowest BCUT2D eigenvalue weighted by Crippen LogP contribution is -2.27. The van der Waals surface area contributed by atoms with Crippen LogP contribution in [0.3, 0.4) is 0 Å². The Kier molecular flexibility index (Phi) is 2.40. The molecule has 0 unspecified atom stereocenters. The van der Waals surface area contributed by atoms with Crippen molar-refractivity contribution in [1.29, 1.82) is 0 Å². The smallest absolute Gasteiger partial charge is 0.185 e. The molecule has 4 nitrogen and oxygen atoms in total. The summed E-state index contributed by atoms with van der Waals surface area (Å²) in [5.41, 5.74) is 12.5. The van der Waals surface area contributed by atoms with E-state index in [9.17, 15) is 5.21 Å². The Morgan fingerprint density at radius 3 is 2.45 bits per heavy atom. The molecule has 1 aromatic heterocycles. The van der Waals surface area contributed by atoms with Gasteiger partial charge in [0.25, 0.3) is 0 Å². The molecule has 0 spiro atoms. The highest BCUT2D eigenvalue weighted by atomic mass is 16.5. The number of nitrogens with two attached hydrogens (primary N) is 2. The molecular weight excluding hydrogens is 142 g/mol. The van der Waals surface area contributed by atoms with Crippen molar-refractivity contribution in [2.24, 2.45) is 11.5 Å². The molecule has 0 aliphatic carbocycles. The van der Waals surface area contributed by atoms with E-state index >= 15 is 0 Å². The van der Waals surface area contributed by atoms with Gasteiger partial charge in [-0.15, -0.1) is 0 Å². The van der Waals surface area contributed by atoms with Crippen LogP contribution < -0.4 is 16.2 Å². The van der Waals surface area contributed by atoms with Crippen molar-refractivity contribution in [3.63, 3.8) is 0 Å². The number of rotatable bonds is 2. The zero-order chi connectivity index (χ0) is 8.27. The molecule has 4 N–H and O–H groups in total. The van der Waals surface area contributed by atoms with Gasteiger partial charge in [0.05, 0.1) is 0 Å². The fraction of sp³-hybridized carbons (Fsp3) is 0.286. The van der Waals surface area contributed by atoms with Gasteiger partial charge in [-0.25, -0.2) is 0 Å². The minimum Gasteiger partial charge on any atom is -0.619 e. The topological polar surface area (TPSA) is 79.0 Å². The van der Waals surface area contributed by atoms with E-state index in [4.69, 9.17) is 11.5 Å². The van der Waals surface area contributed by atoms with E-state index in [0.717, 1.165) is 15.9 Å². The van der Waals surface area contributed by atoms with Gasteiger partial charge in [0.1, 0.15) is 0 Å². The van der Waals surface area contributed by atoms with Crippen LogP contribution in [0.2, 0.25) is 0 Å². The van der Waals surface area contributed by atoms with Crippen LogP contribution in [0.15, 0.2) is 18.5 Å². The van der Waals surface area contributed by atoms with Gasteiger partial charge < -0.3 is 16.7 Å². The van der Waals surface area contributed by atoms with Gasteiger partial charge in [-0.3, -0.25) is 0 Å². The van der Waals surface area contributed by atoms with Crippen LogP contribution in [0.5, 0.6) is 0 Å². The van der Waals surface area contributed by atoms with Gasteiger partial charge in [-0.2, -0.15) is 4.73 Å². The van der Waals surface area contributed by atoms with Crippen LogP contribution >= 0.6 is 0 Å². The molecule has 0 aliphatic heterocycles. The maximum absolute atomic E-state index is 10.7. The zero-order valence-corrected chi connectivity index (χ0v) is 6.16. The Bertz CT molecular complexity index is 249. The van der Waals surface area contributed by atoms with Gasteiger partial charge in [0, 0.05) is 24.7 Å². The molecule has 1 heterocycles. The number of pyridine rings is 1. The maximum atomic E-state index is 10.7. The first kappa shape index (κ1) is 7.97. The minimum absolute atomic E-state index is 0.357. The van der Waals surface area contributed by atoms with Gasteiger partial charge in [0.2, 0.25) is 0 Å². The van der Waals surface area contributed by atoms with Crippen molar-refractivity contribution in [3.05, 3.63) is 34.8 Å². The van der Waals surface area contributed by atoms with E-state index in [1.54, 1.807) is 6.07 Å². The molecule has 0 fully saturated rings. The van der Waals surface area contributed by atoms with Crippen LogP contribution in [-0.4, -0.2) is 0 Å². The maximum Gasteiger partial charge on any atom is 0.185 e. The molecule has 0 radical (unpaired) electrons. The van der Waals surface area contributed by atoms with Crippen molar-refractivity contribution in [2.45, 2.75) is 13.1 Å². The quantitative estimate of drug-likeness (QED) is 0.433. The van der Waals surface area contributed by atoms with Crippen molar-refractivity contribution in [1.82, 2.24) is 0 Å². The molecule has 1 rings (SSSR count). The van der Waals surface area contributed by atoms with E-state index in [0.29, 0.717) is 13.1 Å². The monoisotopic (exact) mass is 153 g/mol. The molecule has 0 aromatic carbocycles. The molecule has 60 valence electrons. The fourth-order valence-corrected chi connectivity index (χ4v) is 0.933. The highest BCUT2D eigenvalue weighted by Gasteiger charge is 2.01. The summed E-state index contributed by atoms with van der Waals surface area (Å²) in [5, 5.41) is 10.7. The summed E-state index contributed by atoms with van der Waals surface area (Å²) in [6.07, 6.45) is 2.86. The lowest BCUT2D eigenvalue weighted by molar-refractivity contribution is -0.605. The molecule has 0 saturated heterocycles. The van der Waals surface area contributed by atoms with E-state index in [1.807, 2.05) is 0 Å². The molecular formula is C7H11N3O. The predicted molar refractivity (Wildman–Crippen MR) is 41.2 cm³/mol. The molecule has 11 heavy (non-hydrogen) atoms. The Labute approximate surface area is 65.0 Å². The molecule has 0 saturated carbocycles. The Hall–Kier alpha value is -1.13. The molecule has 4 heteroatoms. The number of aromatic nitrogens is 1. The Morgan fingerprint density at radius 1 is 1.27 bits per heavy atom. The predicted octanol–water partition coefficient (Wildman–Crippen LogP) is -0.763. The largest absolute Gasteiger partial charge is 0.619 e. The van der Waals surface area contributed by atoms with Crippen LogP contribution in [0.25, 0.3) is 0 Å². The average molecular weight is 153 g/mol. The van der Waals surface area contributed by atoms with E-state index < -0.39 is 0 Å². The van der Waals surface area contributed by atoms with Crippen molar-refractivity contribution in [2.75, 3.05) is 0 Å². The Morgan fingerprint density at radius 2 is 1.91 bits per heavy atom. The van der Waals surface area contributed by atoms with Crippen molar-refractivity contribution in [3.8, 4) is 0 Å². The SMILES string of the molecule is NCc1cc[n+]([O-])cc1CN. The van der Waals surface area contributed by atoms with E-state index in [-0.39, 0.29) is 0 Å². The average Bonchev–Trinajstić information content (AvgIpc) is 2.04. The second-order valence-corrected chi connectivity index (χ2v) is 2.26. The van der Waals surface area contributed by atoms with Crippen LogP contribution in [0.1, 0.15) is 11.1 Å². The third-order valence-corrected chi connectivity index (χ3v) is 1.56.